The second-order valence-corrected chi connectivity index (χ2v) is 6.46. The fourth-order valence-corrected chi connectivity index (χ4v) is 3.57. The number of hydrogen-bond donors (Lipinski definition) is 2. The maximum Gasteiger partial charge on any atom is 0.267 e. The van der Waals surface area contributed by atoms with Crippen molar-refractivity contribution in [3.05, 3.63) is 77.4 Å². The number of rotatable bonds is 5. The average molecular weight is 336 g/mol. The van der Waals surface area contributed by atoms with E-state index >= 15 is 0 Å². The summed E-state index contributed by atoms with van der Waals surface area (Å²) in [5.74, 6) is -0.525. The SMILES string of the molecule is CC(c1ccccc1)N1CCCC1c1ccc(/C=C/C(=O)NO)cc1. The molecule has 0 spiro atoms. The molecular weight excluding hydrogens is 312 g/mol. The summed E-state index contributed by atoms with van der Waals surface area (Å²) in [6, 6.07) is 19.8. The number of amides is 1. The van der Waals surface area contributed by atoms with Gasteiger partial charge in [-0.1, -0.05) is 54.6 Å². The van der Waals surface area contributed by atoms with Gasteiger partial charge < -0.3 is 0 Å². The van der Waals surface area contributed by atoms with Crippen LogP contribution in [0, 0.1) is 0 Å². The maximum absolute atomic E-state index is 11.1. The Morgan fingerprint density at radius 1 is 1.20 bits per heavy atom. The third-order valence-corrected chi connectivity index (χ3v) is 4.93. The highest BCUT2D eigenvalue weighted by Crippen LogP contribution is 2.38. The Balaban J connectivity index is 1.74. The van der Waals surface area contributed by atoms with Gasteiger partial charge >= 0.3 is 0 Å². The van der Waals surface area contributed by atoms with Crippen molar-refractivity contribution in [1.82, 2.24) is 10.4 Å². The summed E-state index contributed by atoms with van der Waals surface area (Å²) < 4.78 is 0. The number of nitrogens with one attached hydrogen (secondary N) is 1. The lowest BCUT2D eigenvalue weighted by molar-refractivity contribution is -0.124. The molecule has 1 saturated heterocycles. The first kappa shape index (κ1) is 17.4. The fraction of sp³-hybridized carbons (Fsp3) is 0.286. The van der Waals surface area contributed by atoms with E-state index in [0.717, 1.165) is 12.1 Å². The molecule has 0 aliphatic carbocycles. The predicted octanol–water partition coefficient (Wildman–Crippen LogP) is 4.10. The zero-order valence-electron chi connectivity index (χ0n) is 14.4. The van der Waals surface area contributed by atoms with Crippen LogP contribution >= 0.6 is 0 Å². The van der Waals surface area contributed by atoms with E-state index in [9.17, 15) is 4.79 Å². The van der Waals surface area contributed by atoms with E-state index in [1.54, 1.807) is 11.6 Å². The molecule has 2 atom stereocenters. The topological polar surface area (TPSA) is 52.6 Å². The minimum atomic E-state index is -0.525. The van der Waals surface area contributed by atoms with E-state index in [2.05, 4.69) is 54.3 Å². The van der Waals surface area contributed by atoms with E-state index in [4.69, 9.17) is 5.21 Å². The van der Waals surface area contributed by atoms with E-state index in [1.165, 1.54) is 30.0 Å². The lowest BCUT2D eigenvalue weighted by Gasteiger charge is -2.31. The first-order valence-electron chi connectivity index (χ1n) is 8.72. The standard InChI is InChI=1S/C21H24N2O2/c1-16(18-6-3-2-4-7-18)23-15-5-8-20(23)19-12-9-17(10-13-19)11-14-21(24)22-25/h2-4,6-7,9-14,16,20,25H,5,8,15H2,1H3,(H,22,24)/b14-11+. The fourth-order valence-electron chi connectivity index (χ4n) is 3.57. The number of likely N-dealkylation sites (tertiary alicyclic amines) is 1. The summed E-state index contributed by atoms with van der Waals surface area (Å²) in [5.41, 5.74) is 5.19. The van der Waals surface area contributed by atoms with Crippen LogP contribution in [0.2, 0.25) is 0 Å². The second-order valence-electron chi connectivity index (χ2n) is 6.46. The highest BCUT2D eigenvalue weighted by Gasteiger charge is 2.30. The van der Waals surface area contributed by atoms with Gasteiger partial charge in [-0.15, -0.1) is 0 Å². The minimum absolute atomic E-state index is 0.390. The van der Waals surface area contributed by atoms with Crippen LogP contribution in [0.1, 0.15) is 48.5 Å². The molecule has 0 saturated carbocycles. The van der Waals surface area contributed by atoms with Crippen molar-refractivity contribution in [2.75, 3.05) is 6.54 Å². The zero-order chi connectivity index (χ0) is 17.6. The number of carbonyl (C=O) groups is 1. The van der Waals surface area contributed by atoms with Gasteiger partial charge in [-0.05, 0) is 49.1 Å². The van der Waals surface area contributed by atoms with Gasteiger partial charge in [0, 0.05) is 18.2 Å². The molecular formula is C21H24N2O2. The second kappa shape index (κ2) is 8.10. The Hall–Kier alpha value is -2.43. The molecule has 1 aliphatic rings. The molecule has 1 heterocycles. The highest BCUT2D eigenvalue weighted by molar-refractivity contribution is 5.90. The van der Waals surface area contributed by atoms with Crippen molar-refractivity contribution in [3.8, 4) is 0 Å². The van der Waals surface area contributed by atoms with Crippen LogP contribution < -0.4 is 5.48 Å². The van der Waals surface area contributed by atoms with Crippen LogP contribution in [0.3, 0.4) is 0 Å². The molecule has 3 rings (SSSR count). The average Bonchev–Trinajstić information content (AvgIpc) is 3.16. The van der Waals surface area contributed by atoms with Gasteiger partial charge in [-0.25, -0.2) is 5.48 Å². The number of hydroxylamine groups is 1. The van der Waals surface area contributed by atoms with E-state index in [-0.39, 0.29) is 0 Å². The van der Waals surface area contributed by atoms with Gasteiger partial charge in [-0.2, -0.15) is 0 Å². The van der Waals surface area contributed by atoms with Crippen molar-refractivity contribution in [2.45, 2.75) is 31.8 Å². The maximum atomic E-state index is 11.1. The molecule has 0 radical (unpaired) electrons. The predicted molar refractivity (Wildman–Crippen MR) is 98.9 cm³/mol. The smallest absolute Gasteiger partial charge is 0.267 e. The molecule has 1 aliphatic heterocycles. The summed E-state index contributed by atoms with van der Waals surface area (Å²) in [5, 5.41) is 8.52. The Morgan fingerprint density at radius 3 is 2.60 bits per heavy atom. The van der Waals surface area contributed by atoms with E-state index in [1.807, 2.05) is 12.1 Å². The van der Waals surface area contributed by atoms with Crippen molar-refractivity contribution < 1.29 is 10.0 Å². The van der Waals surface area contributed by atoms with Gasteiger partial charge in [-0.3, -0.25) is 14.9 Å². The Bertz CT molecular complexity index is 725. The number of carbonyl (C=O) groups excluding carboxylic acids is 1. The van der Waals surface area contributed by atoms with E-state index in [0.29, 0.717) is 12.1 Å². The van der Waals surface area contributed by atoms with Crippen molar-refractivity contribution in [3.63, 3.8) is 0 Å². The summed E-state index contributed by atoms with van der Waals surface area (Å²) in [7, 11) is 0. The van der Waals surface area contributed by atoms with Gasteiger partial charge in [0.25, 0.3) is 5.91 Å². The lowest BCUT2D eigenvalue weighted by Crippen LogP contribution is -2.26. The minimum Gasteiger partial charge on any atom is -0.290 e. The molecule has 2 aromatic carbocycles. The number of hydrogen-bond acceptors (Lipinski definition) is 3. The summed E-state index contributed by atoms with van der Waals surface area (Å²) in [4.78, 5) is 13.6. The van der Waals surface area contributed by atoms with Gasteiger partial charge in [0.1, 0.15) is 0 Å². The van der Waals surface area contributed by atoms with Gasteiger partial charge in [0.2, 0.25) is 0 Å². The molecule has 1 fully saturated rings. The van der Waals surface area contributed by atoms with Crippen LogP contribution in [-0.2, 0) is 4.79 Å². The highest BCUT2D eigenvalue weighted by atomic mass is 16.5. The molecule has 25 heavy (non-hydrogen) atoms. The summed E-state index contributed by atoms with van der Waals surface area (Å²) in [6.07, 6.45) is 5.38. The quantitative estimate of drug-likeness (QED) is 0.491. The molecule has 0 bridgehead atoms. The van der Waals surface area contributed by atoms with Crippen LogP contribution in [0.5, 0.6) is 0 Å². The third kappa shape index (κ3) is 4.16. The molecule has 2 N–H and O–H groups in total. The summed E-state index contributed by atoms with van der Waals surface area (Å²) >= 11 is 0. The molecule has 4 nitrogen and oxygen atoms in total. The van der Waals surface area contributed by atoms with Crippen LogP contribution in [-0.4, -0.2) is 22.6 Å². The van der Waals surface area contributed by atoms with E-state index < -0.39 is 5.91 Å². The number of nitrogens with zero attached hydrogens (tertiary/aromatic N) is 1. The molecule has 130 valence electrons. The Labute approximate surface area is 148 Å². The van der Waals surface area contributed by atoms with Gasteiger partial charge in [0.15, 0.2) is 0 Å². The van der Waals surface area contributed by atoms with Crippen molar-refractivity contribution >= 4 is 12.0 Å². The molecule has 0 aromatic heterocycles. The molecule has 4 heteroatoms. The molecule has 2 unspecified atom stereocenters. The Morgan fingerprint density at radius 2 is 1.92 bits per heavy atom. The van der Waals surface area contributed by atoms with Crippen molar-refractivity contribution in [1.29, 1.82) is 0 Å². The van der Waals surface area contributed by atoms with Crippen molar-refractivity contribution in [2.24, 2.45) is 0 Å². The number of benzene rings is 2. The normalized spacial score (nSPS) is 19.2. The zero-order valence-corrected chi connectivity index (χ0v) is 14.4. The molecule has 1 amide bonds. The van der Waals surface area contributed by atoms with Crippen LogP contribution in [0.4, 0.5) is 0 Å². The molecule has 2 aromatic rings. The monoisotopic (exact) mass is 336 g/mol. The first-order valence-corrected chi connectivity index (χ1v) is 8.72. The lowest BCUT2D eigenvalue weighted by atomic mass is 10.00. The first-order chi connectivity index (χ1) is 12.2. The van der Waals surface area contributed by atoms with Crippen LogP contribution in [0.25, 0.3) is 6.08 Å². The third-order valence-electron chi connectivity index (χ3n) is 4.93. The van der Waals surface area contributed by atoms with Gasteiger partial charge in [0.05, 0.1) is 0 Å². The largest absolute Gasteiger partial charge is 0.290 e. The van der Waals surface area contributed by atoms with Crippen LogP contribution in [0.15, 0.2) is 60.7 Å². The Kier molecular flexibility index (Phi) is 5.64. The summed E-state index contributed by atoms with van der Waals surface area (Å²) in [6.45, 7) is 3.39.